The maximum atomic E-state index is 10.2. The Morgan fingerprint density at radius 2 is 1.93 bits per heavy atom. The summed E-state index contributed by atoms with van der Waals surface area (Å²) in [6, 6.07) is 0. The van der Waals surface area contributed by atoms with Gasteiger partial charge in [-0.05, 0) is 19.3 Å². The molecule has 0 aromatic carbocycles. The van der Waals surface area contributed by atoms with Crippen LogP contribution in [-0.4, -0.2) is 6.10 Å². The Hall–Kier alpha value is 1.85. The summed E-state index contributed by atoms with van der Waals surface area (Å²) in [5.74, 6) is 0. The topological polar surface area (TPSA) is 72.4 Å². The largest absolute Gasteiger partial charge is 1.00 e. The summed E-state index contributed by atoms with van der Waals surface area (Å²) < 4.78 is 14.5. The van der Waals surface area contributed by atoms with Gasteiger partial charge in [-0.25, -0.2) is 0 Å². The van der Waals surface area contributed by atoms with Crippen molar-refractivity contribution in [1.29, 1.82) is 0 Å². The summed E-state index contributed by atoms with van der Waals surface area (Å²) in [5, 5.41) is 0. The van der Waals surface area contributed by atoms with E-state index in [0.29, 0.717) is 6.42 Å². The van der Waals surface area contributed by atoms with Crippen LogP contribution < -0.4 is 68.9 Å². The van der Waals surface area contributed by atoms with Crippen molar-refractivity contribution >= 4 is 7.82 Å². The molecule has 7 heteroatoms. The summed E-state index contributed by atoms with van der Waals surface area (Å²) in [6.07, 6.45) is 6.44. The van der Waals surface area contributed by atoms with Crippen molar-refractivity contribution in [2.45, 2.75) is 31.8 Å². The van der Waals surface area contributed by atoms with Crippen LogP contribution in [0.5, 0.6) is 0 Å². The molecule has 0 heterocycles. The fraction of sp³-hybridized carbons (Fsp3) is 0.714. The third kappa shape index (κ3) is 9.10. The second-order valence-corrected chi connectivity index (χ2v) is 3.91. The van der Waals surface area contributed by atoms with E-state index in [9.17, 15) is 14.4 Å². The van der Waals surface area contributed by atoms with Gasteiger partial charge in [0.15, 0.2) is 0 Å². The molecule has 0 fully saturated rings. The van der Waals surface area contributed by atoms with E-state index >= 15 is 0 Å². The Bertz CT molecular complexity index is 216. The quantitative estimate of drug-likeness (QED) is 0.272. The van der Waals surface area contributed by atoms with Crippen molar-refractivity contribution in [2.24, 2.45) is 0 Å². The molecule has 1 atom stereocenters. The molecule has 0 saturated heterocycles. The maximum absolute atomic E-state index is 10.2. The van der Waals surface area contributed by atoms with Crippen molar-refractivity contribution in [2.75, 3.05) is 0 Å². The van der Waals surface area contributed by atoms with Crippen molar-refractivity contribution in [3.63, 3.8) is 0 Å². The SMILES string of the molecule is O=P([O-])([O-])OC1C=CCCCC1.[Na+].[Na+]. The van der Waals surface area contributed by atoms with Crippen molar-refractivity contribution in [3.8, 4) is 0 Å². The fourth-order valence-electron chi connectivity index (χ4n) is 1.21. The van der Waals surface area contributed by atoms with Gasteiger partial charge < -0.3 is 18.9 Å². The van der Waals surface area contributed by atoms with Crippen LogP contribution in [0.25, 0.3) is 0 Å². The predicted octanol–water partition coefficient (Wildman–Crippen LogP) is -5.66. The van der Waals surface area contributed by atoms with Gasteiger partial charge in [0.2, 0.25) is 0 Å². The minimum Gasteiger partial charge on any atom is -0.790 e. The van der Waals surface area contributed by atoms with Crippen LogP contribution in [0.4, 0.5) is 0 Å². The Morgan fingerprint density at radius 1 is 1.29 bits per heavy atom. The van der Waals surface area contributed by atoms with Gasteiger partial charge in [-0.1, -0.05) is 18.6 Å². The van der Waals surface area contributed by atoms with Crippen LogP contribution in [0.15, 0.2) is 12.2 Å². The average Bonchev–Trinajstić information content (AvgIpc) is 2.12. The molecule has 0 aromatic heterocycles. The Kier molecular flexibility index (Phi) is 11.6. The van der Waals surface area contributed by atoms with Crippen molar-refractivity contribution in [3.05, 3.63) is 12.2 Å². The molecule has 0 bridgehead atoms. The molecular weight excluding hydrogens is 225 g/mol. The van der Waals surface area contributed by atoms with E-state index in [0.717, 1.165) is 19.3 Å². The standard InChI is InChI=1S/C7H13O4P.2Na/c8-12(9,10)11-7-5-3-1-2-4-6-7;;/h3,5,7H,1-2,4,6H2,(H2,8,9,10);;/q;2*+1/p-2. The summed E-state index contributed by atoms with van der Waals surface area (Å²) in [4.78, 5) is 20.5. The molecular formula is C7H11Na2O4P. The Labute approximate surface area is 128 Å². The first-order valence-corrected chi connectivity index (χ1v) is 5.41. The molecule has 1 aliphatic carbocycles. The average molecular weight is 236 g/mol. The van der Waals surface area contributed by atoms with Gasteiger partial charge >= 0.3 is 59.1 Å². The third-order valence-electron chi connectivity index (χ3n) is 1.72. The van der Waals surface area contributed by atoms with E-state index in [-0.39, 0.29) is 59.1 Å². The van der Waals surface area contributed by atoms with E-state index in [4.69, 9.17) is 0 Å². The zero-order chi connectivity index (χ0) is 9.03. The van der Waals surface area contributed by atoms with Gasteiger partial charge in [-0.3, -0.25) is 0 Å². The van der Waals surface area contributed by atoms with Crippen LogP contribution in [0.3, 0.4) is 0 Å². The fourth-order valence-corrected chi connectivity index (χ4v) is 1.71. The van der Waals surface area contributed by atoms with Crippen LogP contribution in [0.1, 0.15) is 25.7 Å². The third-order valence-corrected chi connectivity index (χ3v) is 2.25. The van der Waals surface area contributed by atoms with E-state index in [1.165, 1.54) is 0 Å². The zero-order valence-corrected chi connectivity index (χ0v) is 13.5. The van der Waals surface area contributed by atoms with Gasteiger partial charge in [0.25, 0.3) is 0 Å². The molecule has 0 radical (unpaired) electrons. The number of rotatable bonds is 2. The number of phosphoric acid groups is 1. The summed E-state index contributed by atoms with van der Waals surface area (Å²) in [7, 11) is -4.80. The minimum absolute atomic E-state index is 0. The normalized spacial score (nSPS) is 21.7. The van der Waals surface area contributed by atoms with Crippen molar-refractivity contribution < 1.29 is 78.0 Å². The van der Waals surface area contributed by atoms with Crippen LogP contribution in [-0.2, 0) is 9.09 Å². The van der Waals surface area contributed by atoms with Gasteiger partial charge in [-0.2, -0.15) is 0 Å². The summed E-state index contributed by atoms with van der Waals surface area (Å²) in [6.45, 7) is 0. The van der Waals surface area contributed by atoms with Crippen LogP contribution in [0, 0.1) is 0 Å². The van der Waals surface area contributed by atoms with E-state index in [2.05, 4.69) is 4.52 Å². The first kappa shape index (κ1) is 18.2. The van der Waals surface area contributed by atoms with E-state index in [1.54, 1.807) is 6.08 Å². The molecule has 14 heavy (non-hydrogen) atoms. The number of allylic oxidation sites excluding steroid dienone is 1. The van der Waals surface area contributed by atoms with Crippen LogP contribution in [0.2, 0.25) is 0 Å². The molecule has 0 amide bonds. The van der Waals surface area contributed by atoms with Crippen molar-refractivity contribution in [1.82, 2.24) is 0 Å². The van der Waals surface area contributed by atoms with Gasteiger partial charge in [0.1, 0.15) is 0 Å². The second-order valence-electron chi connectivity index (χ2n) is 2.80. The number of hydrogen-bond acceptors (Lipinski definition) is 4. The minimum atomic E-state index is -4.80. The molecule has 70 valence electrons. The molecule has 0 aliphatic heterocycles. The first-order chi connectivity index (χ1) is 5.58. The number of hydrogen-bond donors (Lipinski definition) is 0. The van der Waals surface area contributed by atoms with Crippen LogP contribution >= 0.6 is 7.82 Å². The van der Waals surface area contributed by atoms with E-state index in [1.807, 2.05) is 6.08 Å². The molecule has 4 nitrogen and oxygen atoms in total. The Morgan fingerprint density at radius 3 is 2.50 bits per heavy atom. The van der Waals surface area contributed by atoms with Gasteiger partial charge in [-0.15, -0.1) is 0 Å². The molecule has 0 saturated carbocycles. The van der Waals surface area contributed by atoms with Gasteiger partial charge in [0.05, 0.1) is 13.9 Å². The predicted molar refractivity (Wildman–Crippen MR) is 40.1 cm³/mol. The molecule has 1 aliphatic rings. The molecule has 0 N–H and O–H groups in total. The summed E-state index contributed by atoms with van der Waals surface area (Å²) in [5.41, 5.74) is 0. The summed E-state index contributed by atoms with van der Waals surface area (Å²) >= 11 is 0. The maximum Gasteiger partial charge on any atom is 1.00 e. The van der Waals surface area contributed by atoms with E-state index < -0.39 is 13.9 Å². The molecule has 0 spiro atoms. The number of phosphoric ester groups is 1. The molecule has 1 unspecified atom stereocenters. The van der Waals surface area contributed by atoms with Gasteiger partial charge in [0, 0.05) is 0 Å². The monoisotopic (exact) mass is 236 g/mol. The zero-order valence-electron chi connectivity index (χ0n) is 8.64. The Balaban J connectivity index is 0. The molecule has 0 aromatic rings. The smallest absolute Gasteiger partial charge is 0.790 e. The first-order valence-electron chi connectivity index (χ1n) is 3.95. The second kappa shape index (κ2) is 8.94. The molecule has 1 rings (SSSR count).